The third kappa shape index (κ3) is 7.09. The van der Waals surface area contributed by atoms with Crippen LogP contribution in [0, 0.1) is 17.8 Å². The largest absolute Gasteiger partial charge is 0.481 e. The van der Waals surface area contributed by atoms with Gasteiger partial charge in [0.2, 0.25) is 11.8 Å². The zero-order valence-electron chi connectivity index (χ0n) is 24.1. The van der Waals surface area contributed by atoms with Crippen molar-refractivity contribution in [1.29, 1.82) is 0 Å². The fourth-order valence-corrected chi connectivity index (χ4v) is 6.44. The second kappa shape index (κ2) is 14.6. The summed E-state index contributed by atoms with van der Waals surface area (Å²) in [5, 5.41) is 40.3. The van der Waals surface area contributed by atoms with Crippen molar-refractivity contribution in [3.05, 3.63) is 70.7 Å². The molecule has 1 aliphatic heterocycles. The van der Waals surface area contributed by atoms with Crippen LogP contribution in [-0.4, -0.2) is 62.4 Å². The molecule has 226 valence electrons. The van der Waals surface area contributed by atoms with Crippen LogP contribution in [0.4, 0.5) is 0 Å². The summed E-state index contributed by atoms with van der Waals surface area (Å²) in [6.45, 7) is 1.65. The van der Waals surface area contributed by atoms with Gasteiger partial charge in [-0.15, -0.1) is 0 Å². The number of fused-ring (bicyclic) bond motifs is 1. The number of allylic oxidation sites excluding steroid dienone is 2. The zero-order chi connectivity index (χ0) is 30.2. The Morgan fingerprint density at radius 3 is 2.45 bits per heavy atom. The number of furan rings is 1. The molecule has 2 aliphatic rings. The van der Waals surface area contributed by atoms with Crippen LogP contribution in [0.1, 0.15) is 75.4 Å². The quantitative estimate of drug-likeness (QED) is 0.138. The fourth-order valence-electron chi connectivity index (χ4n) is 6.44. The van der Waals surface area contributed by atoms with Crippen LogP contribution in [0.15, 0.2) is 58.0 Å². The smallest absolute Gasteiger partial charge is 0.303 e. The Kier molecular flexibility index (Phi) is 10.9. The van der Waals surface area contributed by atoms with Crippen molar-refractivity contribution in [3.8, 4) is 0 Å². The summed E-state index contributed by atoms with van der Waals surface area (Å²) in [6.07, 6.45) is 4.45. The maximum Gasteiger partial charge on any atom is 0.303 e. The molecule has 4 rings (SSSR count). The average Bonchev–Trinajstić information content (AvgIpc) is 3.55. The number of carbonyl (C=O) groups is 3. The summed E-state index contributed by atoms with van der Waals surface area (Å²) >= 11 is 0. The molecular weight excluding hydrogens is 538 g/mol. The zero-order valence-corrected chi connectivity index (χ0v) is 24.1. The number of hydrogen-bond donors (Lipinski definition) is 4. The van der Waals surface area contributed by atoms with E-state index in [0.717, 1.165) is 16.7 Å². The molecule has 4 atom stereocenters. The molecule has 1 aliphatic carbocycles. The van der Waals surface area contributed by atoms with E-state index in [9.17, 15) is 29.7 Å². The number of imide groups is 1. The van der Waals surface area contributed by atoms with Gasteiger partial charge < -0.3 is 24.8 Å². The summed E-state index contributed by atoms with van der Waals surface area (Å²) in [4.78, 5) is 38.9. The van der Waals surface area contributed by atoms with Crippen molar-refractivity contribution in [2.45, 2.75) is 71.0 Å². The van der Waals surface area contributed by atoms with Gasteiger partial charge in [0.05, 0.1) is 24.5 Å². The SMILES string of the molecule is CCC1=C([C@H](O)CC/C(=C/c2ccc(CO)o2)c2ccccc2)[C@H](CO)[C@@H]2C(=O)N(CCCCCC(=O)O)C(=O)[C@@H]2C1. The molecule has 0 radical (unpaired) electrons. The van der Waals surface area contributed by atoms with Crippen molar-refractivity contribution in [1.82, 2.24) is 4.90 Å². The van der Waals surface area contributed by atoms with Gasteiger partial charge in [0.15, 0.2) is 0 Å². The lowest BCUT2D eigenvalue weighted by atomic mass is 9.67. The second-order valence-corrected chi connectivity index (χ2v) is 11.1. The standard InChI is InChI=1S/C33H41NO8/c1-2-21-18-26-31(33(41)34(32(26)40)16-8-4-7-11-29(38)39)27(20-36)30(21)28(37)15-12-23(22-9-5-3-6-10-22)17-24-13-14-25(19-35)42-24/h3,5-6,9-10,13-14,17,26-28,31,35-37H,2,4,7-8,11-12,15-16,18-20H2,1H3,(H,38,39)/b23-17-/t26-,27+,28-,31-/m1/s1. The highest BCUT2D eigenvalue weighted by molar-refractivity contribution is 6.05. The van der Waals surface area contributed by atoms with Crippen LogP contribution in [-0.2, 0) is 21.0 Å². The van der Waals surface area contributed by atoms with Crippen LogP contribution in [0.5, 0.6) is 0 Å². The number of carbonyl (C=O) groups excluding carboxylic acids is 2. The van der Waals surface area contributed by atoms with Gasteiger partial charge in [-0.1, -0.05) is 49.2 Å². The Hall–Kier alpha value is -3.53. The molecule has 42 heavy (non-hydrogen) atoms. The summed E-state index contributed by atoms with van der Waals surface area (Å²) in [6, 6.07) is 13.2. The number of carboxylic acid groups (broad SMARTS) is 1. The first-order valence-electron chi connectivity index (χ1n) is 14.8. The number of aliphatic hydroxyl groups is 3. The van der Waals surface area contributed by atoms with Crippen molar-refractivity contribution >= 4 is 29.4 Å². The number of hydrogen-bond acceptors (Lipinski definition) is 7. The van der Waals surface area contributed by atoms with Crippen LogP contribution in [0.2, 0.25) is 0 Å². The number of aliphatic hydroxyl groups excluding tert-OH is 3. The highest BCUT2D eigenvalue weighted by atomic mass is 16.4. The van der Waals surface area contributed by atoms with Gasteiger partial charge in [-0.2, -0.15) is 0 Å². The van der Waals surface area contributed by atoms with Gasteiger partial charge >= 0.3 is 5.97 Å². The van der Waals surface area contributed by atoms with Crippen LogP contribution >= 0.6 is 0 Å². The van der Waals surface area contributed by atoms with Gasteiger partial charge in [0.25, 0.3) is 0 Å². The maximum atomic E-state index is 13.5. The van der Waals surface area contributed by atoms with E-state index in [2.05, 4.69) is 0 Å². The third-order valence-electron chi connectivity index (χ3n) is 8.52. The van der Waals surface area contributed by atoms with Crippen LogP contribution in [0.3, 0.4) is 0 Å². The average molecular weight is 580 g/mol. The molecule has 1 aromatic carbocycles. The minimum Gasteiger partial charge on any atom is -0.481 e. The molecule has 4 N–H and O–H groups in total. The number of nitrogens with zero attached hydrogens (tertiary/aromatic N) is 1. The van der Waals surface area contributed by atoms with Crippen LogP contribution in [0.25, 0.3) is 11.6 Å². The number of unbranched alkanes of at least 4 members (excludes halogenated alkanes) is 2. The number of rotatable bonds is 15. The first-order valence-corrected chi connectivity index (χ1v) is 14.8. The van der Waals surface area contributed by atoms with Crippen molar-refractivity contribution < 1.29 is 39.2 Å². The van der Waals surface area contributed by atoms with Gasteiger partial charge in [0.1, 0.15) is 18.1 Å². The monoisotopic (exact) mass is 579 g/mol. The lowest BCUT2D eigenvalue weighted by Gasteiger charge is -2.36. The molecule has 1 saturated heterocycles. The van der Waals surface area contributed by atoms with Gasteiger partial charge in [-0.25, -0.2) is 0 Å². The van der Waals surface area contributed by atoms with Crippen molar-refractivity contribution in [2.75, 3.05) is 13.2 Å². The number of amides is 2. The van der Waals surface area contributed by atoms with Crippen LogP contribution < -0.4 is 0 Å². The Bertz CT molecular complexity index is 1310. The van der Waals surface area contributed by atoms with Gasteiger partial charge in [0, 0.05) is 18.9 Å². The highest BCUT2D eigenvalue weighted by Crippen LogP contribution is 2.47. The number of aliphatic carboxylic acids is 1. The summed E-state index contributed by atoms with van der Waals surface area (Å²) < 4.78 is 5.68. The molecular formula is C33H41NO8. The van der Waals surface area contributed by atoms with E-state index in [1.165, 1.54) is 4.90 Å². The molecule has 0 unspecified atom stereocenters. The lowest BCUT2D eigenvalue weighted by Crippen LogP contribution is -2.39. The number of likely N-dealkylation sites (tertiary alicyclic amines) is 1. The Balaban J connectivity index is 1.51. The second-order valence-electron chi connectivity index (χ2n) is 11.1. The Labute approximate surface area is 246 Å². The predicted octanol–water partition coefficient (Wildman–Crippen LogP) is 4.42. The fraction of sp³-hybridized carbons (Fsp3) is 0.485. The molecule has 2 heterocycles. The lowest BCUT2D eigenvalue weighted by molar-refractivity contribution is -0.141. The van der Waals surface area contributed by atoms with E-state index < -0.39 is 29.8 Å². The minimum atomic E-state index is -0.914. The maximum absolute atomic E-state index is 13.5. The predicted molar refractivity (Wildman–Crippen MR) is 156 cm³/mol. The molecule has 2 aromatic rings. The molecule has 0 bridgehead atoms. The third-order valence-corrected chi connectivity index (χ3v) is 8.52. The molecule has 1 fully saturated rings. The van der Waals surface area contributed by atoms with Crippen molar-refractivity contribution in [2.24, 2.45) is 17.8 Å². The molecule has 9 nitrogen and oxygen atoms in total. The van der Waals surface area contributed by atoms with E-state index in [4.69, 9.17) is 9.52 Å². The van der Waals surface area contributed by atoms with E-state index in [1.54, 1.807) is 12.1 Å². The van der Waals surface area contributed by atoms with Gasteiger partial charge in [-0.05, 0) is 73.4 Å². The summed E-state index contributed by atoms with van der Waals surface area (Å²) in [5.74, 6) is -2.30. The van der Waals surface area contributed by atoms with E-state index in [-0.39, 0.29) is 38.0 Å². The number of benzene rings is 1. The highest BCUT2D eigenvalue weighted by Gasteiger charge is 2.54. The molecule has 0 spiro atoms. The summed E-state index contributed by atoms with van der Waals surface area (Å²) in [7, 11) is 0. The normalized spacial score (nSPS) is 21.7. The molecule has 1 aromatic heterocycles. The minimum absolute atomic E-state index is 0.0527. The first kappa shape index (κ1) is 31.4. The van der Waals surface area contributed by atoms with E-state index in [1.807, 2.05) is 43.3 Å². The Morgan fingerprint density at radius 2 is 1.81 bits per heavy atom. The molecule has 2 amide bonds. The topological polar surface area (TPSA) is 149 Å². The van der Waals surface area contributed by atoms with Gasteiger partial charge in [-0.3, -0.25) is 19.3 Å². The molecule has 9 heteroatoms. The summed E-state index contributed by atoms with van der Waals surface area (Å²) in [5.41, 5.74) is 3.48. The molecule has 0 saturated carbocycles. The number of carboxylic acids is 1. The Morgan fingerprint density at radius 1 is 1.05 bits per heavy atom. The van der Waals surface area contributed by atoms with E-state index >= 15 is 0 Å². The van der Waals surface area contributed by atoms with E-state index in [0.29, 0.717) is 62.0 Å². The first-order chi connectivity index (χ1) is 20.3. The van der Waals surface area contributed by atoms with Crippen molar-refractivity contribution in [3.63, 3.8) is 0 Å².